The third-order valence-corrected chi connectivity index (χ3v) is 12.3. The third kappa shape index (κ3) is 6.64. The van der Waals surface area contributed by atoms with Crippen LogP contribution in [-0.2, 0) is 30.1 Å². The number of imidazole rings is 3. The van der Waals surface area contributed by atoms with E-state index in [0.29, 0.717) is 5.56 Å². The summed E-state index contributed by atoms with van der Waals surface area (Å²) in [5.74, 6) is -0.0413. The molecule has 280 valence electrons. The number of benzene rings is 1. The van der Waals surface area contributed by atoms with E-state index in [0.717, 1.165) is 29.7 Å². The molecule has 5 aromatic heterocycles. The molecule has 2 aliphatic rings. The van der Waals surface area contributed by atoms with Gasteiger partial charge in [-0.05, 0) is 42.2 Å². The molecule has 1 saturated carbocycles. The number of amides is 1. The Morgan fingerprint density at radius 3 is 2.67 bits per heavy atom. The molecule has 0 radical (unpaired) electrons. The number of fused-ring (bicyclic) bond motifs is 4. The lowest BCUT2D eigenvalue weighted by atomic mass is 9.68. The molecule has 1 aliphatic heterocycles. The van der Waals surface area contributed by atoms with Crippen LogP contribution in [0.5, 0.6) is 0 Å². The second-order valence-corrected chi connectivity index (χ2v) is 15.9. The van der Waals surface area contributed by atoms with Gasteiger partial charge in [-0.15, -0.1) is 0 Å². The van der Waals surface area contributed by atoms with E-state index in [2.05, 4.69) is 46.7 Å². The highest BCUT2D eigenvalue weighted by Gasteiger charge is 2.50. The number of anilines is 1. The molecule has 2 fully saturated rings. The van der Waals surface area contributed by atoms with Crippen molar-refractivity contribution in [1.82, 2.24) is 43.4 Å². The standard InChI is InChI=1S/C34H35FN11O6PS/c1-2-22-21(13-23(22)45-18-41-27-30-37-10-11-44(30)17-42-32(27)45)15-50-53(54,49-12-6-9-36)52-28-24(14-47)51-34(25(28)35)46-19-40-26-29(38-16-39-31(26)46)43-33(48)20-7-4-3-5-8-20/h3-5,7-8,10-11,16-19,21-25,28,34,47H,2,6,12-15H2,1H3,(H,38,39,43,48)/t21-,22-,23-,24-,25-,28-,34-,53?/m1/s1. The minimum atomic E-state index is -3.69. The molecule has 8 rings (SSSR count). The fraction of sp³-hybridized carbons (Fsp3) is 0.412. The Morgan fingerprint density at radius 2 is 1.87 bits per heavy atom. The number of nitrogens with one attached hydrogen (secondary N) is 1. The molecule has 1 amide bonds. The first-order valence-electron chi connectivity index (χ1n) is 17.4. The summed E-state index contributed by atoms with van der Waals surface area (Å²) in [6.45, 7) is -2.12. The Bertz CT molecular complexity index is 2390. The van der Waals surface area contributed by atoms with E-state index in [1.807, 2.05) is 16.7 Å². The minimum Gasteiger partial charge on any atom is -0.394 e. The lowest BCUT2D eigenvalue weighted by Gasteiger charge is -2.45. The quantitative estimate of drug-likeness (QED) is 0.115. The van der Waals surface area contributed by atoms with Crippen LogP contribution in [0.1, 0.15) is 48.8 Å². The molecule has 2 N–H and O–H groups in total. The van der Waals surface area contributed by atoms with Crippen LogP contribution in [0.15, 0.2) is 68.0 Å². The van der Waals surface area contributed by atoms with E-state index in [4.69, 9.17) is 30.1 Å². The first-order valence-corrected chi connectivity index (χ1v) is 19.9. The zero-order chi connectivity index (χ0) is 37.4. The summed E-state index contributed by atoms with van der Waals surface area (Å²) in [4.78, 5) is 39.3. The summed E-state index contributed by atoms with van der Waals surface area (Å²) >= 11 is 5.81. The molecular weight excluding hydrogens is 740 g/mol. The number of hydrogen-bond acceptors (Lipinski definition) is 14. The largest absolute Gasteiger partial charge is 0.394 e. The molecule has 6 aromatic rings. The summed E-state index contributed by atoms with van der Waals surface area (Å²) in [6, 6.07) is 10.7. The number of aliphatic hydroxyl groups excluding tert-OH is 1. The first-order chi connectivity index (χ1) is 26.3. The van der Waals surface area contributed by atoms with Gasteiger partial charge >= 0.3 is 6.72 Å². The molecule has 1 aliphatic carbocycles. The van der Waals surface area contributed by atoms with Gasteiger partial charge in [-0.3, -0.25) is 18.3 Å². The summed E-state index contributed by atoms with van der Waals surface area (Å²) in [6.07, 6.45) is 5.37. The van der Waals surface area contributed by atoms with Gasteiger partial charge in [-0.25, -0.2) is 34.3 Å². The molecule has 20 heteroatoms. The first kappa shape index (κ1) is 36.2. The van der Waals surface area contributed by atoms with E-state index in [1.54, 1.807) is 49.2 Å². The van der Waals surface area contributed by atoms with Crippen LogP contribution < -0.4 is 5.32 Å². The fourth-order valence-corrected chi connectivity index (χ4v) is 9.35. The smallest absolute Gasteiger partial charge is 0.327 e. The van der Waals surface area contributed by atoms with Gasteiger partial charge in [-0.1, -0.05) is 31.5 Å². The lowest BCUT2D eigenvalue weighted by Crippen LogP contribution is -2.40. The van der Waals surface area contributed by atoms with Gasteiger partial charge in [0.1, 0.15) is 24.9 Å². The van der Waals surface area contributed by atoms with E-state index >= 15 is 4.39 Å². The number of hydrogen-bond donors (Lipinski definition) is 2. The van der Waals surface area contributed by atoms with Gasteiger partial charge < -0.3 is 28.8 Å². The van der Waals surface area contributed by atoms with E-state index in [-0.39, 0.29) is 54.5 Å². The Labute approximate surface area is 312 Å². The van der Waals surface area contributed by atoms with Crippen molar-refractivity contribution in [3.05, 3.63) is 73.6 Å². The highest BCUT2D eigenvalue weighted by Crippen LogP contribution is 2.56. The molecule has 1 aromatic carbocycles. The zero-order valence-electron chi connectivity index (χ0n) is 28.8. The molecule has 17 nitrogen and oxygen atoms in total. The van der Waals surface area contributed by atoms with Gasteiger partial charge in [0, 0.05) is 24.0 Å². The average molecular weight is 776 g/mol. The molecule has 1 unspecified atom stereocenters. The van der Waals surface area contributed by atoms with Gasteiger partial charge in [0.25, 0.3) is 5.91 Å². The van der Waals surface area contributed by atoms with E-state index < -0.39 is 43.8 Å². The highest BCUT2D eigenvalue weighted by molar-refractivity contribution is 8.07. The van der Waals surface area contributed by atoms with Crippen molar-refractivity contribution in [2.75, 3.05) is 25.1 Å². The molecular formula is C34H35FN11O6PS. The number of rotatable bonds is 14. The second kappa shape index (κ2) is 15.1. The number of alkyl halides is 1. The molecule has 8 atom stereocenters. The maximum absolute atomic E-state index is 16.5. The van der Waals surface area contributed by atoms with Gasteiger partial charge in [-0.2, -0.15) is 5.26 Å². The summed E-state index contributed by atoms with van der Waals surface area (Å²) in [5.41, 5.74) is 2.99. The van der Waals surface area contributed by atoms with Crippen molar-refractivity contribution >= 4 is 58.2 Å². The highest BCUT2D eigenvalue weighted by atomic mass is 32.5. The number of aliphatic hydroxyl groups is 1. The van der Waals surface area contributed by atoms with Gasteiger partial charge in [0.05, 0.1) is 45.0 Å². The Kier molecular flexibility index (Phi) is 10.2. The number of nitrogens with zero attached hydrogens (tertiary/aromatic N) is 10. The van der Waals surface area contributed by atoms with Crippen LogP contribution in [-0.4, -0.2) is 92.7 Å². The Balaban J connectivity index is 0.977. The number of carbonyl (C=O) groups is 1. The van der Waals surface area contributed by atoms with Crippen molar-refractivity contribution in [2.24, 2.45) is 11.8 Å². The Hall–Kier alpha value is -4.80. The lowest BCUT2D eigenvalue weighted by molar-refractivity contribution is -0.0463. The fourth-order valence-electron chi connectivity index (χ4n) is 7.21. The third-order valence-electron chi connectivity index (χ3n) is 9.93. The zero-order valence-corrected chi connectivity index (χ0v) is 30.5. The van der Waals surface area contributed by atoms with Crippen molar-refractivity contribution in [3.63, 3.8) is 0 Å². The van der Waals surface area contributed by atoms with E-state index in [9.17, 15) is 15.2 Å². The van der Waals surface area contributed by atoms with Crippen LogP contribution in [0.2, 0.25) is 0 Å². The molecule has 0 bridgehead atoms. The Morgan fingerprint density at radius 1 is 1.07 bits per heavy atom. The molecule has 1 saturated heterocycles. The monoisotopic (exact) mass is 775 g/mol. The summed E-state index contributed by atoms with van der Waals surface area (Å²) in [7, 11) is 0. The predicted molar refractivity (Wildman–Crippen MR) is 194 cm³/mol. The summed E-state index contributed by atoms with van der Waals surface area (Å²) < 4.78 is 46.0. The molecule has 0 spiro atoms. The van der Waals surface area contributed by atoms with Crippen LogP contribution >= 0.6 is 6.72 Å². The maximum atomic E-state index is 16.5. The average Bonchev–Trinajstić information content (AvgIpc) is 3.98. The number of carbonyl (C=O) groups excluding carboxylic acids is 1. The van der Waals surface area contributed by atoms with Crippen molar-refractivity contribution in [3.8, 4) is 6.07 Å². The number of halogens is 1. The van der Waals surface area contributed by atoms with E-state index in [1.165, 1.54) is 17.2 Å². The van der Waals surface area contributed by atoms with Gasteiger partial charge in [0.15, 0.2) is 46.2 Å². The van der Waals surface area contributed by atoms with Crippen molar-refractivity contribution in [2.45, 2.75) is 56.8 Å². The van der Waals surface area contributed by atoms with Crippen LogP contribution in [0, 0.1) is 23.2 Å². The number of nitriles is 1. The summed E-state index contributed by atoms with van der Waals surface area (Å²) in [5, 5.41) is 22.2. The van der Waals surface area contributed by atoms with Crippen molar-refractivity contribution in [1.29, 1.82) is 5.26 Å². The maximum Gasteiger partial charge on any atom is 0.327 e. The topological polar surface area (TPSA) is 202 Å². The number of ether oxygens (including phenoxy) is 1. The molecule has 6 heterocycles. The molecule has 54 heavy (non-hydrogen) atoms. The van der Waals surface area contributed by atoms with Crippen LogP contribution in [0.25, 0.3) is 28.0 Å². The minimum absolute atomic E-state index is 0.00877. The van der Waals surface area contributed by atoms with Crippen LogP contribution in [0.4, 0.5) is 10.2 Å². The van der Waals surface area contributed by atoms with Gasteiger partial charge in [0.2, 0.25) is 0 Å². The number of aromatic nitrogens is 9. The normalized spacial score (nSPS) is 25.1. The SMILES string of the molecule is CC[C@@H]1[C@@H](COP(=S)(OCCC#N)O[C@H]2[C@@H](F)[C@H](n3cnc4c(NC(=O)c5ccccc5)ncnc43)O[C@@H]2CO)C[C@H]1n1cnc2c1ncn1ccnc21. The van der Waals surface area contributed by atoms with Crippen molar-refractivity contribution < 1.29 is 32.6 Å². The second-order valence-electron chi connectivity index (χ2n) is 13.0. The predicted octanol–water partition coefficient (Wildman–Crippen LogP) is 4.54. The van der Waals surface area contributed by atoms with Crippen LogP contribution in [0.3, 0.4) is 0 Å².